The smallest absolute Gasteiger partial charge is 0.324 e. The van der Waals surface area contributed by atoms with Crippen LogP contribution in [0.25, 0.3) is 0 Å². The van der Waals surface area contributed by atoms with Crippen LogP contribution in [-0.4, -0.2) is 12.6 Å². The second kappa shape index (κ2) is 6.76. The molecule has 0 aliphatic heterocycles. The predicted octanol–water partition coefficient (Wildman–Crippen LogP) is 3.42. The molecule has 21 heavy (non-hydrogen) atoms. The molecular formula is C17H17NO3. The Balaban J connectivity index is 2.43. The van der Waals surface area contributed by atoms with Crippen LogP contribution >= 0.6 is 0 Å². The molecule has 1 heterocycles. The summed E-state index contributed by atoms with van der Waals surface area (Å²) in [6, 6.07) is 13.3. The van der Waals surface area contributed by atoms with Gasteiger partial charge in [-0.05, 0) is 31.5 Å². The monoisotopic (exact) mass is 283 g/mol. The number of nitriles is 1. The maximum atomic E-state index is 12.1. The van der Waals surface area contributed by atoms with Gasteiger partial charge in [-0.1, -0.05) is 29.8 Å². The standard InChI is InChI=1S/C17H17NO3/c1-3-20-17(19)14(11-18)16(15-5-4-10-21-15)13-8-6-12(2)7-9-13/h4-10,14,16H,3H2,1-2H3/t14-,16+/m0/s1. The average Bonchev–Trinajstić information content (AvgIpc) is 3.00. The number of carbonyl (C=O) groups excluding carboxylic acids is 1. The van der Waals surface area contributed by atoms with Crippen molar-refractivity contribution in [3.05, 3.63) is 59.5 Å². The number of benzene rings is 1. The molecule has 0 aliphatic carbocycles. The lowest BCUT2D eigenvalue weighted by atomic mass is 9.84. The fourth-order valence-corrected chi connectivity index (χ4v) is 2.26. The van der Waals surface area contributed by atoms with Crippen molar-refractivity contribution in [1.29, 1.82) is 5.26 Å². The highest BCUT2D eigenvalue weighted by Crippen LogP contribution is 2.33. The van der Waals surface area contributed by atoms with Gasteiger partial charge < -0.3 is 9.15 Å². The minimum Gasteiger partial charge on any atom is -0.469 e. The number of hydrogen-bond acceptors (Lipinski definition) is 4. The Hall–Kier alpha value is -2.54. The van der Waals surface area contributed by atoms with E-state index in [2.05, 4.69) is 6.07 Å². The quantitative estimate of drug-likeness (QED) is 0.789. The van der Waals surface area contributed by atoms with Crippen LogP contribution in [0.1, 0.15) is 29.7 Å². The number of nitrogens with zero attached hydrogens (tertiary/aromatic N) is 1. The number of hydrogen-bond donors (Lipinski definition) is 0. The van der Waals surface area contributed by atoms with E-state index in [1.54, 1.807) is 19.1 Å². The summed E-state index contributed by atoms with van der Waals surface area (Å²) in [5.41, 5.74) is 1.97. The summed E-state index contributed by atoms with van der Waals surface area (Å²) in [7, 11) is 0. The SMILES string of the molecule is CCOC(=O)[C@@H](C#N)[C@@H](c1ccc(C)cc1)c1ccco1. The average molecular weight is 283 g/mol. The van der Waals surface area contributed by atoms with Crippen LogP contribution < -0.4 is 0 Å². The van der Waals surface area contributed by atoms with E-state index in [0.717, 1.165) is 11.1 Å². The van der Waals surface area contributed by atoms with Gasteiger partial charge in [-0.3, -0.25) is 4.79 Å². The van der Waals surface area contributed by atoms with Crippen molar-refractivity contribution in [3.8, 4) is 6.07 Å². The van der Waals surface area contributed by atoms with Gasteiger partial charge in [0.15, 0.2) is 5.92 Å². The molecule has 4 heteroatoms. The fourth-order valence-electron chi connectivity index (χ4n) is 2.26. The summed E-state index contributed by atoms with van der Waals surface area (Å²) in [6.07, 6.45) is 1.54. The zero-order chi connectivity index (χ0) is 15.2. The van der Waals surface area contributed by atoms with Crippen LogP contribution in [0, 0.1) is 24.2 Å². The van der Waals surface area contributed by atoms with Gasteiger partial charge in [-0.2, -0.15) is 5.26 Å². The number of rotatable bonds is 5. The molecule has 0 fully saturated rings. The van der Waals surface area contributed by atoms with Gasteiger partial charge in [0.1, 0.15) is 5.76 Å². The molecule has 0 spiro atoms. The van der Waals surface area contributed by atoms with E-state index in [-0.39, 0.29) is 6.61 Å². The number of furan rings is 1. The van der Waals surface area contributed by atoms with Crippen LogP contribution in [-0.2, 0) is 9.53 Å². The molecule has 108 valence electrons. The first-order valence-corrected chi connectivity index (χ1v) is 6.83. The first-order chi connectivity index (χ1) is 10.2. The Labute approximate surface area is 124 Å². The van der Waals surface area contributed by atoms with E-state index >= 15 is 0 Å². The van der Waals surface area contributed by atoms with Crippen molar-refractivity contribution in [2.45, 2.75) is 19.8 Å². The van der Waals surface area contributed by atoms with E-state index in [1.165, 1.54) is 6.26 Å². The van der Waals surface area contributed by atoms with E-state index in [9.17, 15) is 10.1 Å². The molecule has 1 aromatic carbocycles. The second-order valence-electron chi connectivity index (χ2n) is 4.76. The number of esters is 1. The molecule has 0 radical (unpaired) electrons. The van der Waals surface area contributed by atoms with E-state index in [4.69, 9.17) is 9.15 Å². The minimum atomic E-state index is -0.932. The summed E-state index contributed by atoms with van der Waals surface area (Å²) in [6.45, 7) is 3.95. The molecule has 0 saturated heterocycles. The summed E-state index contributed by atoms with van der Waals surface area (Å²) in [4.78, 5) is 12.1. The van der Waals surface area contributed by atoms with Crippen molar-refractivity contribution in [2.24, 2.45) is 5.92 Å². The van der Waals surface area contributed by atoms with Crippen molar-refractivity contribution in [2.75, 3.05) is 6.61 Å². The lowest BCUT2D eigenvalue weighted by molar-refractivity contribution is -0.146. The van der Waals surface area contributed by atoms with Crippen molar-refractivity contribution in [3.63, 3.8) is 0 Å². The van der Waals surface area contributed by atoms with Gasteiger partial charge in [0, 0.05) is 0 Å². The Morgan fingerprint density at radius 2 is 2.05 bits per heavy atom. The van der Waals surface area contributed by atoms with Gasteiger partial charge in [0.2, 0.25) is 0 Å². The summed E-state index contributed by atoms with van der Waals surface area (Å²) in [5.74, 6) is -1.34. The maximum Gasteiger partial charge on any atom is 0.324 e. The molecular weight excluding hydrogens is 266 g/mol. The predicted molar refractivity (Wildman–Crippen MR) is 77.5 cm³/mol. The molecule has 0 N–H and O–H groups in total. The number of aryl methyl sites for hydroxylation is 1. The Morgan fingerprint density at radius 1 is 1.33 bits per heavy atom. The van der Waals surface area contributed by atoms with Crippen LogP contribution in [0.15, 0.2) is 47.1 Å². The van der Waals surface area contributed by atoms with Crippen molar-refractivity contribution < 1.29 is 13.9 Å². The summed E-state index contributed by atoms with van der Waals surface area (Å²) >= 11 is 0. The zero-order valence-electron chi connectivity index (χ0n) is 12.1. The third-order valence-electron chi connectivity index (χ3n) is 3.30. The highest BCUT2D eigenvalue weighted by atomic mass is 16.5. The fraction of sp³-hybridized carbons (Fsp3) is 0.294. The van der Waals surface area contributed by atoms with Crippen LogP contribution in [0.4, 0.5) is 0 Å². The Kier molecular flexibility index (Phi) is 4.78. The highest BCUT2D eigenvalue weighted by molar-refractivity contribution is 5.77. The van der Waals surface area contributed by atoms with E-state index < -0.39 is 17.8 Å². The number of carbonyl (C=O) groups is 1. The van der Waals surface area contributed by atoms with E-state index in [1.807, 2.05) is 31.2 Å². The van der Waals surface area contributed by atoms with Crippen molar-refractivity contribution in [1.82, 2.24) is 0 Å². The van der Waals surface area contributed by atoms with Gasteiger partial charge in [-0.15, -0.1) is 0 Å². The Morgan fingerprint density at radius 3 is 2.57 bits per heavy atom. The summed E-state index contributed by atoms with van der Waals surface area (Å²) in [5, 5.41) is 9.42. The molecule has 2 aromatic rings. The van der Waals surface area contributed by atoms with Gasteiger partial charge >= 0.3 is 5.97 Å². The van der Waals surface area contributed by atoms with Crippen LogP contribution in [0.3, 0.4) is 0 Å². The summed E-state index contributed by atoms with van der Waals surface area (Å²) < 4.78 is 10.4. The lowest BCUT2D eigenvalue weighted by Gasteiger charge is -2.19. The molecule has 0 amide bonds. The van der Waals surface area contributed by atoms with Gasteiger partial charge in [-0.25, -0.2) is 0 Å². The number of ether oxygens (including phenoxy) is 1. The first kappa shape index (κ1) is 14.9. The van der Waals surface area contributed by atoms with Gasteiger partial charge in [0.25, 0.3) is 0 Å². The van der Waals surface area contributed by atoms with E-state index in [0.29, 0.717) is 5.76 Å². The first-order valence-electron chi connectivity index (χ1n) is 6.83. The molecule has 4 nitrogen and oxygen atoms in total. The molecule has 2 atom stereocenters. The largest absolute Gasteiger partial charge is 0.469 e. The molecule has 2 rings (SSSR count). The van der Waals surface area contributed by atoms with Crippen LogP contribution in [0.5, 0.6) is 0 Å². The lowest BCUT2D eigenvalue weighted by Crippen LogP contribution is -2.24. The zero-order valence-corrected chi connectivity index (χ0v) is 12.1. The highest BCUT2D eigenvalue weighted by Gasteiger charge is 2.34. The molecule has 0 saturated carbocycles. The topological polar surface area (TPSA) is 63.2 Å². The third kappa shape index (κ3) is 3.32. The minimum absolute atomic E-state index is 0.246. The second-order valence-corrected chi connectivity index (χ2v) is 4.76. The normalized spacial score (nSPS) is 13.2. The third-order valence-corrected chi connectivity index (χ3v) is 3.30. The maximum absolute atomic E-state index is 12.1. The van der Waals surface area contributed by atoms with Gasteiger partial charge in [0.05, 0.1) is 24.9 Å². The molecule has 0 unspecified atom stereocenters. The van der Waals surface area contributed by atoms with Crippen molar-refractivity contribution >= 4 is 5.97 Å². The molecule has 1 aromatic heterocycles. The Bertz CT molecular complexity index is 623. The molecule has 0 aliphatic rings. The molecule has 0 bridgehead atoms. The van der Waals surface area contributed by atoms with Crippen LogP contribution in [0.2, 0.25) is 0 Å².